The van der Waals surface area contributed by atoms with Crippen LogP contribution in [0.1, 0.15) is 27.6 Å². The predicted molar refractivity (Wildman–Crippen MR) is 112 cm³/mol. The van der Waals surface area contributed by atoms with Gasteiger partial charge >= 0.3 is 5.97 Å². The van der Waals surface area contributed by atoms with E-state index in [0.717, 1.165) is 33.8 Å². The Balaban J connectivity index is 1.73. The van der Waals surface area contributed by atoms with Crippen molar-refractivity contribution in [3.8, 4) is 0 Å². The molecular weight excluding hydrogens is 465 g/mol. The summed E-state index contributed by atoms with van der Waals surface area (Å²) >= 11 is 1.06. The molecule has 1 aromatic carbocycles. The number of hydrogen-bond donors (Lipinski definition) is 2. The van der Waals surface area contributed by atoms with Crippen LogP contribution in [-0.2, 0) is 24.3 Å². The lowest BCUT2D eigenvalue weighted by atomic mass is 10.2. The van der Waals surface area contributed by atoms with E-state index in [1.54, 1.807) is 5.38 Å². The number of amides is 2. The van der Waals surface area contributed by atoms with Gasteiger partial charge in [-0.05, 0) is 36.6 Å². The minimum absolute atomic E-state index is 0.0592. The Labute approximate surface area is 187 Å². The second kappa shape index (κ2) is 9.73. The number of benzene rings is 1. The summed E-state index contributed by atoms with van der Waals surface area (Å²) in [7, 11) is -4.19. The van der Waals surface area contributed by atoms with Gasteiger partial charge in [0.1, 0.15) is 15.7 Å². The van der Waals surface area contributed by atoms with E-state index in [2.05, 4.69) is 5.32 Å². The molecule has 0 bridgehead atoms. The maximum Gasteiger partial charge on any atom is 0.338 e. The van der Waals surface area contributed by atoms with Crippen molar-refractivity contribution in [2.45, 2.75) is 17.9 Å². The summed E-state index contributed by atoms with van der Waals surface area (Å²) in [4.78, 5) is 35.5. The number of anilines is 1. The number of hydrogen-bond acceptors (Lipinski definition) is 8. The molecule has 0 spiro atoms. The van der Waals surface area contributed by atoms with E-state index in [1.807, 2.05) is 0 Å². The van der Waals surface area contributed by atoms with Crippen LogP contribution in [0.3, 0.4) is 0 Å². The monoisotopic (exact) mass is 485 g/mol. The van der Waals surface area contributed by atoms with Gasteiger partial charge in [-0.25, -0.2) is 17.6 Å². The molecule has 1 atom stereocenters. The Bertz CT molecular complexity index is 1140. The third kappa shape index (κ3) is 5.12. The number of thiophene rings is 1. The standard InChI is InChI=1S/C19H20FN3O7S2/c1-11(17(25)22-18-13(16(21)24)4-9-31-18)30-19(26)12-2-3-14(20)15(10-12)32(27,28)23-5-7-29-8-6-23/h2-4,9-11H,5-8H2,1H3,(H2,21,24)(H,22,25). The van der Waals surface area contributed by atoms with Crippen molar-refractivity contribution >= 4 is 44.1 Å². The molecule has 3 rings (SSSR count). The van der Waals surface area contributed by atoms with Gasteiger partial charge in [0, 0.05) is 13.1 Å². The molecule has 0 radical (unpaired) electrons. The lowest BCUT2D eigenvalue weighted by Crippen LogP contribution is -2.41. The summed E-state index contributed by atoms with van der Waals surface area (Å²) in [5.74, 6) is -3.50. The number of halogens is 1. The topological polar surface area (TPSA) is 145 Å². The van der Waals surface area contributed by atoms with E-state index in [0.29, 0.717) is 0 Å². The predicted octanol–water partition coefficient (Wildman–Crippen LogP) is 1.19. The largest absolute Gasteiger partial charge is 0.449 e. The first kappa shape index (κ1) is 23.8. The van der Waals surface area contributed by atoms with Gasteiger partial charge in [0.25, 0.3) is 11.8 Å². The zero-order valence-corrected chi connectivity index (χ0v) is 18.5. The highest BCUT2D eigenvalue weighted by Crippen LogP contribution is 2.24. The van der Waals surface area contributed by atoms with Gasteiger partial charge in [-0.3, -0.25) is 9.59 Å². The van der Waals surface area contributed by atoms with Gasteiger partial charge in [-0.2, -0.15) is 4.31 Å². The fourth-order valence-corrected chi connectivity index (χ4v) is 5.14. The van der Waals surface area contributed by atoms with Crippen molar-refractivity contribution in [3.63, 3.8) is 0 Å². The van der Waals surface area contributed by atoms with Crippen molar-refractivity contribution in [2.75, 3.05) is 31.6 Å². The van der Waals surface area contributed by atoms with E-state index >= 15 is 0 Å². The number of carbonyl (C=O) groups is 3. The molecule has 0 saturated carbocycles. The highest BCUT2D eigenvalue weighted by atomic mass is 32.2. The molecule has 1 saturated heterocycles. The molecule has 2 amide bonds. The molecule has 1 aliphatic heterocycles. The SMILES string of the molecule is CC(OC(=O)c1ccc(F)c(S(=O)(=O)N2CCOCC2)c1)C(=O)Nc1sccc1C(N)=O. The van der Waals surface area contributed by atoms with E-state index in [9.17, 15) is 27.2 Å². The average Bonchev–Trinajstić information content (AvgIpc) is 3.22. The number of sulfonamides is 1. The minimum atomic E-state index is -4.19. The van der Waals surface area contributed by atoms with Gasteiger partial charge in [0.05, 0.1) is 24.3 Å². The third-order valence-electron chi connectivity index (χ3n) is 4.58. The molecule has 2 aromatic rings. The van der Waals surface area contributed by atoms with Crippen molar-refractivity contribution in [1.82, 2.24) is 4.31 Å². The zero-order valence-electron chi connectivity index (χ0n) is 16.9. The molecule has 1 aliphatic rings. The Kier molecular flexibility index (Phi) is 7.23. The van der Waals surface area contributed by atoms with Crippen LogP contribution in [0.25, 0.3) is 0 Å². The van der Waals surface area contributed by atoms with Crippen LogP contribution >= 0.6 is 11.3 Å². The average molecular weight is 486 g/mol. The fraction of sp³-hybridized carbons (Fsp3) is 0.316. The van der Waals surface area contributed by atoms with Crippen LogP contribution in [0.5, 0.6) is 0 Å². The van der Waals surface area contributed by atoms with Crippen LogP contribution in [0.2, 0.25) is 0 Å². The number of nitrogens with zero attached hydrogens (tertiary/aromatic N) is 1. The van der Waals surface area contributed by atoms with Crippen molar-refractivity contribution in [3.05, 3.63) is 46.6 Å². The number of ether oxygens (including phenoxy) is 2. The Hall–Kier alpha value is -2.87. The van der Waals surface area contributed by atoms with Crippen molar-refractivity contribution in [1.29, 1.82) is 0 Å². The maximum absolute atomic E-state index is 14.3. The highest BCUT2D eigenvalue weighted by molar-refractivity contribution is 7.89. The molecule has 172 valence electrons. The van der Waals surface area contributed by atoms with Crippen LogP contribution < -0.4 is 11.1 Å². The number of primary amides is 1. The highest BCUT2D eigenvalue weighted by Gasteiger charge is 2.30. The summed E-state index contributed by atoms with van der Waals surface area (Å²) in [6, 6.07) is 4.22. The first-order valence-corrected chi connectivity index (χ1v) is 11.7. The van der Waals surface area contributed by atoms with Gasteiger partial charge in [0.15, 0.2) is 6.10 Å². The van der Waals surface area contributed by atoms with E-state index in [4.69, 9.17) is 15.2 Å². The Morgan fingerprint density at radius 1 is 1.25 bits per heavy atom. The Morgan fingerprint density at radius 3 is 2.59 bits per heavy atom. The van der Waals surface area contributed by atoms with Crippen molar-refractivity contribution < 1.29 is 36.7 Å². The molecule has 10 nitrogen and oxygen atoms in total. The smallest absolute Gasteiger partial charge is 0.338 e. The number of carbonyl (C=O) groups excluding carboxylic acids is 3. The maximum atomic E-state index is 14.3. The normalized spacial score (nSPS) is 15.7. The molecule has 13 heteroatoms. The lowest BCUT2D eigenvalue weighted by molar-refractivity contribution is -0.123. The first-order chi connectivity index (χ1) is 15.1. The number of nitrogens with one attached hydrogen (secondary N) is 1. The van der Waals surface area contributed by atoms with E-state index in [-0.39, 0.29) is 42.4 Å². The van der Waals surface area contributed by atoms with Crippen LogP contribution in [0.15, 0.2) is 34.5 Å². The molecular formula is C19H20FN3O7S2. The molecule has 0 aliphatic carbocycles. The van der Waals surface area contributed by atoms with Gasteiger partial charge < -0.3 is 20.5 Å². The minimum Gasteiger partial charge on any atom is -0.449 e. The first-order valence-electron chi connectivity index (χ1n) is 9.38. The van der Waals surface area contributed by atoms with Gasteiger partial charge in [-0.15, -0.1) is 11.3 Å². The van der Waals surface area contributed by atoms with Crippen LogP contribution in [-0.4, -0.2) is 62.9 Å². The quantitative estimate of drug-likeness (QED) is 0.560. The molecule has 1 fully saturated rings. The molecule has 3 N–H and O–H groups in total. The van der Waals surface area contributed by atoms with Crippen LogP contribution in [0.4, 0.5) is 9.39 Å². The summed E-state index contributed by atoms with van der Waals surface area (Å²) in [6.45, 7) is 1.76. The van der Waals surface area contributed by atoms with Crippen LogP contribution in [0, 0.1) is 5.82 Å². The second-order valence-corrected chi connectivity index (χ2v) is 9.55. The van der Waals surface area contributed by atoms with E-state index < -0.39 is 44.6 Å². The second-order valence-electron chi connectivity index (χ2n) is 6.73. The van der Waals surface area contributed by atoms with E-state index in [1.165, 1.54) is 13.0 Å². The zero-order chi connectivity index (χ0) is 23.5. The number of rotatable bonds is 7. The summed E-state index contributed by atoms with van der Waals surface area (Å²) < 4.78 is 51.1. The molecule has 1 unspecified atom stereocenters. The van der Waals surface area contributed by atoms with Crippen molar-refractivity contribution in [2.24, 2.45) is 5.73 Å². The number of esters is 1. The van der Waals surface area contributed by atoms with Gasteiger partial charge in [-0.1, -0.05) is 0 Å². The lowest BCUT2D eigenvalue weighted by Gasteiger charge is -2.26. The number of nitrogens with two attached hydrogens (primary N) is 1. The Morgan fingerprint density at radius 2 is 1.94 bits per heavy atom. The molecule has 32 heavy (non-hydrogen) atoms. The summed E-state index contributed by atoms with van der Waals surface area (Å²) in [5, 5.41) is 4.20. The molecule has 1 aromatic heterocycles. The molecule has 2 heterocycles. The number of morpholine rings is 1. The fourth-order valence-electron chi connectivity index (χ4n) is 2.85. The van der Waals surface area contributed by atoms with Gasteiger partial charge in [0.2, 0.25) is 10.0 Å². The summed E-state index contributed by atoms with van der Waals surface area (Å²) in [6.07, 6.45) is -1.30. The summed E-state index contributed by atoms with van der Waals surface area (Å²) in [5.41, 5.74) is 5.09. The third-order valence-corrected chi connectivity index (χ3v) is 7.32.